The van der Waals surface area contributed by atoms with Crippen molar-refractivity contribution < 1.29 is 9.90 Å². The van der Waals surface area contributed by atoms with Crippen molar-refractivity contribution in [2.24, 2.45) is 0 Å². The standard InChI is InChI=1S/C9H9N3O3/c1-5-2-10-8-7(5)11-4-12(9(8)15)3-6(13)14/h2,4,10H,3H2,1H3,(H,13,14)/p-1. The highest BCUT2D eigenvalue weighted by molar-refractivity contribution is 5.77. The Kier molecular flexibility index (Phi) is 2.03. The molecule has 0 aromatic carbocycles. The van der Waals surface area contributed by atoms with E-state index in [9.17, 15) is 14.7 Å². The van der Waals surface area contributed by atoms with E-state index in [0.717, 1.165) is 10.1 Å². The molecule has 2 aromatic heterocycles. The SMILES string of the molecule is Cc1c[nH]c2c(=O)n(CC(=O)[O-])cnc12. The lowest BCUT2D eigenvalue weighted by molar-refractivity contribution is -0.306. The van der Waals surface area contributed by atoms with Crippen LogP contribution in [0, 0.1) is 6.92 Å². The van der Waals surface area contributed by atoms with E-state index < -0.39 is 18.1 Å². The van der Waals surface area contributed by atoms with E-state index in [1.165, 1.54) is 6.33 Å². The fraction of sp³-hybridized carbons (Fsp3) is 0.222. The van der Waals surface area contributed by atoms with Crippen molar-refractivity contribution in [3.8, 4) is 0 Å². The number of aryl methyl sites for hydroxylation is 1. The molecule has 0 amide bonds. The first kappa shape index (κ1) is 9.45. The number of nitrogens with one attached hydrogen (secondary N) is 1. The van der Waals surface area contributed by atoms with Gasteiger partial charge in [-0.2, -0.15) is 0 Å². The highest BCUT2D eigenvalue weighted by Gasteiger charge is 2.07. The lowest BCUT2D eigenvalue weighted by atomic mass is 10.3. The molecule has 0 unspecified atom stereocenters. The number of nitrogens with zero attached hydrogens (tertiary/aromatic N) is 2. The number of H-pyrrole nitrogens is 1. The Labute approximate surface area is 84.2 Å². The smallest absolute Gasteiger partial charge is 0.278 e. The number of fused-ring (bicyclic) bond motifs is 1. The molecule has 0 aliphatic heterocycles. The van der Waals surface area contributed by atoms with Gasteiger partial charge >= 0.3 is 0 Å². The minimum absolute atomic E-state index is 0.316. The number of rotatable bonds is 2. The van der Waals surface area contributed by atoms with E-state index in [1.54, 1.807) is 6.20 Å². The zero-order chi connectivity index (χ0) is 11.0. The second kappa shape index (κ2) is 3.23. The van der Waals surface area contributed by atoms with Crippen molar-refractivity contribution >= 4 is 17.0 Å². The molecule has 0 aliphatic carbocycles. The summed E-state index contributed by atoms with van der Waals surface area (Å²) in [5.74, 6) is -1.32. The monoisotopic (exact) mass is 206 g/mol. The van der Waals surface area contributed by atoms with E-state index >= 15 is 0 Å². The Balaban J connectivity index is 2.66. The average Bonchev–Trinajstić information content (AvgIpc) is 2.53. The van der Waals surface area contributed by atoms with Gasteiger partial charge in [0.05, 0.1) is 24.4 Å². The summed E-state index contributed by atoms with van der Waals surface area (Å²) in [6, 6.07) is 0. The Bertz CT molecular complexity index is 582. The summed E-state index contributed by atoms with van der Waals surface area (Å²) in [5, 5.41) is 10.4. The summed E-state index contributed by atoms with van der Waals surface area (Å²) < 4.78 is 0.994. The van der Waals surface area contributed by atoms with Crippen molar-refractivity contribution in [3.63, 3.8) is 0 Å². The molecule has 0 aliphatic rings. The van der Waals surface area contributed by atoms with Crippen LogP contribution >= 0.6 is 0 Å². The molecule has 0 saturated carbocycles. The minimum atomic E-state index is -1.32. The van der Waals surface area contributed by atoms with E-state index in [0.29, 0.717) is 11.0 Å². The molecule has 1 N–H and O–H groups in total. The zero-order valence-corrected chi connectivity index (χ0v) is 7.98. The third kappa shape index (κ3) is 1.50. The maximum absolute atomic E-state index is 11.7. The molecular weight excluding hydrogens is 198 g/mol. The van der Waals surface area contributed by atoms with E-state index in [1.807, 2.05) is 6.92 Å². The molecule has 0 bridgehead atoms. The molecule has 2 heterocycles. The van der Waals surface area contributed by atoms with E-state index in [2.05, 4.69) is 9.97 Å². The normalized spacial score (nSPS) is 10.7. The van der Waals surface area contributed by atoms with Gasteiger partial charge in [-0.3, -0.25) is 9.36 Å². The van der Waals surface area contributed by atoms with Gasteiger partial charge in [0.1, 0.15) is 5.52 Å². The Morgan fingerprint density at radius 2 is 2.40 bits per heavy atom. The van der Waals surface area contributed by atoms with Gasteiger partial charge in [-0.15, -0.1) is 0 Å². The topological polar surface area (TPSA) is 90.8 Å². The van der Waals surface area contributed by atoms with Gasteiger partial charge in [-0.25, -0.2) is 4.98 Å². The lowest BCUT2D eigenvalue weighted by Gasteiger charge is -2.05. The molecule has 0 radical (unpaired) electrons. The van der Waals surface area contributed by atoms with Crippen molar-refractivity contribution in [2.75, 3.05) is 0 Å². The number of hydrogen-bond acceptors (Lipinski definition) is 4. The second-order valence-corrected chi connectivity index (χ2v) is 3.24. The maximum atomic E-state index is 11.7. The van der Waals surface area contributed by atoms with Crippen molar-refractivity contribution in [2.45, 2.75) is 13.5 Å². The Morgan fingerprint density at radius 3 is 3.07 bits per heavy atom. The van der Waals surface area contributed by atoms with Gasteiger partial charge in [-0.05, 0) is 12.5 Å². The summed E-state index contributed by atoms with van der Waals surface area (Å²) in [6.07, 6.45) is 2.86. The molecule has 0 fully saturated rings. The fourth-order valence-electron chi connectivity index (χ4n) is 1.42. The number of carboxylic acids is 1. The van der Waals surface area contributed by atoms with Crippen molar-refractivity contribution in [3.05, 3.63) is 28.4 Å². The molecule has 15 heavy (non-hydrogen) atoms. The number of carbonyl (C=O) groups is 1. The van der Waals surface area contributed by atoms with Gasteiger partial charge in [0.2, 0.25) is 0 Å². The molecule has 78 valence electrons. The Morgan fingerprint density at radius 1 is 1.67 bits per heavy atom. The predicted molar refractivity (Wildman–Crippen MR) is 50.1 cm³/mol. The molecule has 0 atom stereocenters. The largest absolute Gasteiger partial charge is 0.548 e. The molecule has 6 nitrogen and oxygen atoms in total. The van der Waals surface area contributed by atoms with Crippen LogP contribution in [0.15, 0.2) is 17.3 Å². The fourth-order valence-corrected chi connectivity index (χ4v) is 1.42. The summed E-state index contributed by atoms with van der Waals surface area (Å²) in [6.45, 7) is 1.33. The number of aromatic amines is 1. The van der Waals surface area contributed by atoms with E-state index in [-0.39, 0.29) is 0 Å². The zero-order valence-electron chi connectivity index (χ0n) is 7.98. The first-order chi connectivity index (χ1) is 7.09. The van der Waals surface area contributed by atoms with Crippen LogP contribution in [0.3, 0.4) is 0 Å². The second-order valence-electron chi connectivity index (χ2n) is 3.24. The minimum Gasteiger partial charge on any atom is -0.548 e. The summed E-state index contributed by atoms with van der Waals surface area (Å²) in [4.78, 5) is 28.8. The van der Waals surface area contributed by atoms with Gasteiger partial charge < -0.3 is 14.9 Å². The number of aliphatic carboxylic acids is 1. The van der Waals surface area contributed by atoms with Gasteiger partial charge in [0.15, 0.2) is 0 Å². The van der Waals surface area contributed by atoms with Gasteiger partial charge in [0.25, 0.3) is 5.56 Å². The van der Waals surface area contributed by atoms with Gasteiger partial charge in [0, 0.05) is 6.20 Å². The van der Waals surface area contributed by atoms with Crippen LogP contribution in [-0.2, 0) is 11.3 Å². The van der Waals surface area contributed by atoms with Crippen LogP contribution in [0.4, 0.5) is 0 Å². The molecular formula is C9H8N3O3-. The molecule has 2 rings (SSSR count). The number of hydrogen-bond donors (Lipinski definition) is 1. The summed E-state index contributed by atoms with van der Waals surface area (Å²) >= 11 is 0. The molecule has 0 saturated heterocycles. The highest BCUT2D eigenvalue weighted by Crippen LogP contribution is 2.09. The van der Waals surface area contributed by atoms with Gasteiger partial charge in [-0.1, -0.05) is 0 Å². The lowest BCUT2D eigenvalue weighted by Crippen LogP contribution is -2.33. The first-order valence-electron chi connectivity index (χ1n) is 4.32. The summed E-state index contributed by atoms with van der Waals surface area (Å²) in [5.41, 5.74) is 1.32. The van der Waals surface area contributed by atoms with Crippen molar-refractivity contribution in [1.82, 2.24) is 14.5 Å². The summed E-state index contributed by atoms with van der Waals surface area (Å²) in [7, 11) is 0. The van der Waals surface area contributed by atoms with Crippen LogP contribution in [0.1, 0.15) is 5.56 Å². The molecule has 6 heteroatoms. The number of carbonyl (C=O) groups excluding carboxylic acids is 1. The van der Waals surface area contributed by atoms with Crippen LogP contribution in [-0.4, -0.2) is 20.5 Å². The quantitative estimate of drug-likeness (QED) is 0.667. The first-order valence-corrected chi connectivity index (χ1v) is 4.32. The van der Waals surface area contributed by atoms with Crippen LogP contribution in [0.2, 0.25) is 0 Å². The molecule has 0 spiro atoms. The molecule has 2 aromatic rings. The maximum Gasteiger partial charge on any atom is 0.278 e. The van der Waals surface area contributed by atoms with Crippen LogP contribution in [0.5, 0.6) is 0 Å². The number of carboxylic acid groups (broad SMARTS) is 1. The van der Waals surface area contributed by atoms with Crippen molar-refractivity contribution in [1.29, 1.82) is 0 Å². The third-order valence-corrected chi connectivity index (χ3v) is 2.14. The number of aromatic nitrogens is 3. The highest BCUT2D eigenvalue weighted by atomic mass is 16.4. The van der Waals surface area contributed by atoms with E-state index in [4.69, 9.17) is 0 Å². The average molecular weight is 206 g/mol. The van der Waals surface area contributed by atoms with Crippen LogP contribution < -0.4 is 10.7 Å². The Hall–Kier alpha value is -2.11. The van der Waals surface area contributed by atoms with Crippen LogP contribution in [0.25, 0.3) is 11.0 Å². The predicted octanol–water partition coefficient (Wildman–Crippen LogP) is -1.22. The third-order valence-electron chi connectivity index (χ3n) is 2.14.